The summed E-state index contributed by atoms with van der Waals surface area (Å²) in [6, 6.07) is 5.04. The molecular weight excluding hydrogens is 447 g/mol. The summed E-state index contributed by atoms with van der Waals surface area (Å²) in [4.78, 5) is 19.4. The fraction of sp³-hybridized carbons (Fsp3) is 0.720. The Morgan fingerprint density at radius 1 is 0.971 bits per heavy atom. The van der Waals surface area contributed by atoms with Gasteiger partial charge < -0.3 is 14.4 Å². The topological polar surface area (TPSA) is 45.2 Å². The van der Waals surface area contributed by atoms with Crippen molar-refractivity contribution < 1.29 is 27.4 Å². The summed E-state index contributed by atoms with van der Waals surface area (Å²) in [6.07, 6.45) is -3.85. The molecule has 0 aliphatic carbocycles. The molecule has 2 fully saturated rings. The Hall–Kier alpha value is -1.84. The molecule has 2 saturated heterocycles. The van der Waals surface area contributed by atoms with Gasteiger partial charge in [0.25, 0.3) is 0 Å². The summed E-state index contributed by atoms with van der Waals surface area (Å²) in [5, 5.41) is 0. The number of piperazine rings is 1. The second-order valence-corrected chi connectivity index (χ2v) is 10.5. The molecule has 1 aromatic carbocycles. The Morgan fingerprint density at radius 3 is 2.12 bits per heavy atom. The monoisotopic (exact) mass is 485 g/mol. The molecule has 1 amide bonds. The van der Waals surface area contributed by atoms with Gasteiger partial charge in [-0.25, -0.2) is 4.79 Å². The largest absolute Gasteiger partial charge is 0.444 e. The van der Waals surface area contributed by atoms with Crippen LogP contribution in [0.3, 0.4) is 0 Å². The molecule has 192 valence electrons. The quantitative estimate of drug-likeness (QED) is 0.623. The molecule has 0 unspecified atom stereocenters. The lowest BCUT2D eigenvalue weighted by Crippen LogP contribution is -2.58. The Bertz CT molecular complexity index is 800. The molecule has 34 heavy (non-hydrogen) atoms. The number of alkyl halides is 3. The molecule has 2 aliphatic heterocycles. The molecule has 9 heteroatoms. The third kappa shape index (κ3) is 7.85. The van der Waals surface area contributed by atoms with Crippen LogP contribution in [-0.4, -0.2) is 90.5 Å². The number of carbonyl (C=O) groups is 1. The van der Waals surface area contributed by atoms with Crippen molar-refractivity contribution in [3.8, 4) is 0 Å². The van der Waals surface area contributed by atoms with E-state index in [-0.39, 0.29) is 24.3 Å². The molecule has 6 nitrogen and oxygen atoms in total. The molecule has 0 saturated carbocycles. The van der Waals surface area contributed by atoms with Gasteiger partial charge in [-0.15, -0.1) is 0 Å². The highest BCUT2D eigenvalue weighted by Crippen LogP contribution is 2.29. The normalized spacial score (nSPS) is 25.4. The minimum atomic E-state index is -4.36. The summed E-state index contributed by atoms with van der Waals surface area (Å²) >= 11 is 0. The van der Waals surface area contributed by atoms with Crippen molar-refractivity contribution in [3.05, 3.63) is 35.4 Å². The van der Waals surface area contributed by atoms with Gasteiger partial charge in [-0.2, -0.15) is 13.2 Å². The van der Waals surface area contributed by atoms with Crippen molar-refractivity contribution in [2.45, 2.75) is 71.1 Å². The van der Waals surface area contributed by atoms with E-state index in [0.29, 0.717) is 19.5 Å². The van der Waals surface area contributed by atoms with Crippen LogP contribution >= 0.6 is 0 Å². The maximum atomic E-state index is 13.0. The second kappa shape index (κ2) is 10.8. The maximum absolute atomic E-state index is 13.0. The highest BCUT2D eigenvalue weighted by molar-refractivity contribution is 5.68. The molecule has 0 bridgehead atoms. The van der Waals surface area contributed by atoms with Crippen LogP contribution in [0.5, 0.6) is 0 Å². The van der Waals surface area contributed by atoms with E-state index < -0.39 is 17.3 Å². The Kier molecular flexibility index (Phi) is 8.52. The summed E-state index contributed by atoms with van der Waals surface area (Å²) in [6.45, 7) is 15.1. The second-order valence-electron chi connectivity index (χ2n) is 10.5. The van der Waals surface area contributed by atoms with Crippen molar-refractivity contribution >= 4 is 6.09 Å². The summed E-state index contributed by atoms with van der Waals surface area (Å²) in [5.41, 5.74) is -0.514. The van der Waals surface area contributed by atoms with Crippen LogP contribution in [0, 0.1) is 0 Å². The minimum Gasteiger partial charge on any atom is -0.444 e. The van der Waals surface area contributed by atoms with Crippen molar-refractivity contribution in [3.63, 3.8) is 0 Å². The number of amides is 1. The van der Waals surface area contributed by atoms with Gasteiger partial charge in [0.2, 0.25) is 0 Å². The van der Waals surface area contributed by atoms with Gasteiger partial charge in [0, 0.05) is 45.8 Å². The lowest BCUT2D eigenvalue weighted by Gasteiger charge is -2.43. The molecule has 3 rings (SSSR count). The molecule has 0 radical (unpaired) electrons. The third-order valence-electron chi connectivity index (χ3n) is 6.18. The zero-order chi connectivity index (χ0) is 25.1. The first-order valence-corrected chi connectivity index (χ1v) is 12.1. The number of hydrogen-bond acceptors (Lipinski definition) is 5. The first-order chi connectivity index (χ1) is 15.8. The first kappa shape index (κ1) is 26.8. The zero-order valence-electron chi connectivity index (χ0n) is 20.9. The van der Waals surface area contributed by atoms with Crippen LogP contribution in [0.1, 0.15) is 45.7 Å². The fourth-order valence-electron chi connectivity index (χ4n) is 4.71. The van der Waals surface area contributed by atoms with Crippen molar-refractivity contribution in [1.29, 1.82) is 0 Å². The van der Waals surface area contributed by atoms with E-state index in [1.54, 1.807) is 4.90 Å². The van der Waals surface area contributed by atoms with Crippen LogP contribution in [0.15, 0.2) is 24.3 Å². The molecule has 2 heterocycles. The van der Waals surface area contributed by atoms with Crippen molar-refractivity contribution in [1.82, 2.24) is 14.7 Å². The summed E-state index contributed by atoms with van der Waals surface area (Å²) < 4.78 is 50.3. The molecule has 2 aliphatic rings. The predicted octanol–water partition coefficient (Wildman–Crippen LogP) is 4.28. The first-order valence-electron chi connectivity index (χ1n) is 12.1. The number of morpholine rings is 1. The van der Waals surface area contributed by atoms with Gasteiger partial charge in [0.15, 0.2) is 0 Å². The number of halogens is 3. The van der Waals surface area contributed by atoms with Crippen LogP contribution in [0.2, 0.25) is 0 Å². The van der Waals surface area contributed by atoms with E-state index in [1.807, 2.05) is 20.8 Å². The standard InChI is InChI=1S/C25H38F3N3O3/c1-18-15-30(16-19(2)33-18)11-10-29-12-13-31(23(32)34-24(3,4)5)22(17-29)14-20-6-8-21(9-7-20)25(26,27)28/h6-9,18-19,22H,10-17H2,1-5H3/t18-,19+,22-/m1/s1. The summed E-state index contributed by atoms with van der Waals surface area (Å²) in [7, 11) is 0. The Balaban J connectivity index is 1.67. The van der Waals surface area contributed by atoms with Gasteiger partial charge in [0.1, 0.15) is 5.60 Å². The number of benzene rings is 1. The number of hydrogen-bond donors (Lipinski definition) is 0. The Morgan fingerprint density at radius 2 is 1.56 bits per heavy atom. The number of ether oxygens (including phenoxy) is 2. The fourth-order valence-corrected chi connectivity index (χ4v) is 4.71. The maximum Gasteiger partial charge on any atom is 0.416 e. The molecule has 0 aromatic heterocycles. The molecule has 1 aromatic rings. The van der Waals surface area contributed by atoms with Crippen molar-refractivity contribution in [2.75, 3.05) is 45.8 Å². The van der Waals surface area contributed by atoms with E-state index in [2.05, 4.69) is 23.6 Å². The summed E-state index contributed by atoms with van der Waals surface area (Å²) in [5.74, 6) is 0. The molecule has 0 N–H and O–H groups in total. The zero-order valence-corrected chi connectivity index (χ0v) is 20.9. The molecular formula is C25H38F3N3O3. The predicted molar refractivity (Wildman–Crippen MR) is 125 cm³/mol. The lowest BCUT2D eigenvalue weighted by atomic mass is 10.0. The van der Waals surface area contributed by atoms with Gasteiger partial charge >= 0.3 is 12.3 Å². The van der Waals surface area contributed by atoms with Gasteiger partial charge in [-0.3, -0.25) is 9.80 Å². The molecule has 3 atom stereocenters. The number of nitrogens with zero attached hydrogens (tertiary/aromatic N) is 3. The van der Waals surface area contributed by atoms with Crippen LogP contribution in [0.4, 0.5) is 18.0 Å². The number of carbonyl (C=O) groups excluding carboxylic acids is 1. The number of rotatable bonds is 5. The Labute approximate surface area is 201 Å². The van der Waals surface area contributed by atoms with E-state index in [1.165, 1.54) is 12.1 Å². The van der Waals surface area contributed by atoms with Crippen LogP contribution in [-0.2, 0) is 22.1 Å². The van der Waals surface area contributed by atoms with E-state index in [0.717, 1.165) is 50.4 Å². The minimum absolute atomic E-state index is 0.178. The van der Waals surface area contributed by atoms with E-state index in [9.17, 15) is 18.0 Å². The van der Waals surface area contributed by atoms with E-state index >= 15 is 0 Å². The van der Waals surface area contributed by atoms with Gasteiger partial charge in [-0.05, 0) is 58.7 Å². The third-order valence-corrected chi connectivity index (χ3v) is 6.18. The lowest BCUT2D eigenvalue weighted by molar-refractivity contribution is -0.137. The van der Waals surface area contributed by atoms with Crippen LogP contribution < -0.4 is 0 Å². The van der Waals surface area contributed by atoms with E-state index in [4.69, 9.17) is 9.47 Å². The SMILES string of the molecule is C[C@@H]1CN(CCN2CCN(C(=O)OC(C)(C)C)[C@H](Cc3ccc(C(F)(F)F)cc3)C2)C[C@H](C)O1. The molecule has 0 spiro atoms. The average molecular weight is 486 g/mol. The van der Waals surface area contributed by atoms with Gasteiger partial charge in [0.05, 0.1) is 23.8 Å². The highest BCUT2D eigenvalue weighted by atomic mass is 19.4. The average Bonchev–Trinajstić information content (AvgIpc) is 2.70. The smallest absolute Gasteiger partial charge is 0.416 e. The van der Waals surface area contributed by atoms with Crippen molar-refractivity contribution in [2.24, 2.45) is 0 Å². The van der Waals surface area contributed by atoms with Crippen LogP contribution in [0.25, 0.3) is 0 Å². The highest BCUT2D eigenvalue weighted by Gasteiger charge is 2.34. The van der Waals surface area contributed by atoms with Gasteiger partial charge in [-0.1, -0.05) is 12.1 Å².